The molecule has 1 aromatic heterocycles. The second kappa shape index (κ2) is 5.42. The van der Waals surface area contributed by atoms with Crippen molar-refractivity contribution in [3.8, 4) is 5.75 Å². The number of hydrogen-bond donors (Lipinski definition) is 2. The summed E-state index contributed by atoms with van der Waals surface area (Å²) in [6.45, 7) is 0.725. The lowest BCUT2D eigenvalue weighted by Gasteiger charge is -2.07. The molecule has 0 atom stereocenters. The van der Waals surface area contributed by atoms with Gasteiger partial charge in [0.15, 0.2) is 0 Å². The van der Waals surface area contributed by atoms with Gasteiger partial charge in [-0.15, -0.1) is 11.3 Å². The lowest BCUT2D eigenvalue weighted by molar-refractivity contribution is 0.410. The van der Waals surface area contributed by atoms with E-state index in [-0.39, 0.29) is 0 Å². The SMILES string of the molecule is COc1c(Br)csc1CNc1cccc(N)c1. The van der Waals surface area contributed by atoms with E-state index in [0.717, 1.165) is 33.0 Å². The molecule has 0 aliphatic carbocycles. The summed E-state index contributed by atoms with van der Waals surface area (Å²) in [5.41, 5.74) is 7.49. The second-order valence-electron chi connectivity index (χ2n) is 3.52. The van der Waals surface area contributed by atoms with Crippen molar-refractivity contribution < 1.29 is 4.74 Å². The van der Waals surface area contributed by atoms with Crippen LogP contribution in [0.5, 0.6) is 5.75 Å². The highest BCUT2D eigenvalue weighted by atomic mass is 79.9. The molecule has 5 heteroatoms. The molecule has 3 nitrogen and oxygen atoms in total. The fraction of sp³-hybridized carbons (Fsp3) is 0.167. The fourth-order valence-corrected chi connectivity index (χ4v) is 3.15. The van der Waals surface area contributed by atoms with E-state index in [1.165, 1.54) is 0 Å². The van der Waals surface area contributed by atoms with E-state index in [2.05, 4.69) is 21.2 Å². The van der Waals surface area contributed by atoms with Crippen molar-refractivity contribution in [1.82, 2.24) is 0 Å². The molecule has 0 radical (unpaired) electrons. The molecular weight excluding hydrogens is 300 g/mol. The molecule has 17 heavy (non-hydrogen) atoms. The monoisotopic (exact) mass is 312 g/mol. The van der Waals surface area contributed by atoms with Crippen LogP contribution in [0.3, 0.4) is 0 Å². The van der Waals surface area contributed by atoms with Crippen LogP contribution in [0.25, 0.3) is 0 Å². The fourth-order valence-electron chi connectivity index (χ4n) is 1.53. The Labute approximate surface area is 113 Å². The molecule has 3 N–H and O–H groups in total. The average molecular weight is 313 g/mol. The van der Waals surface area contributed by atoms with Gasteiger partial charge in [0.2, 0.25) is 0 Å². The summed E-state index contributed by atoms with van der Waals surface area (Å²) in [5, 5.41) is 5.34. The number of hydrogen-bond acceptors (Lipinski definition) is 4. The number of methoxy groups -OCH3 is 1. The van der Waals surface area contributed by atoms with E-state index in [1.54, 1.807) is 18.4 Å². The highest BCUT2D eigenvalue weighted by Crippen LogP contribution is 2.35. The van der Waals surface area contributed by atoms with Crippen molar-refractivity contribution in [2.45, 2.75) is 6.54 Å². The maximum Gasteiger partial charge on any atom is 0.148 e. The van der Waals surface area contributed by atoms with Crippen LogP contribution in [0.15, 0.2) is 34.1 Å². The lowest BCUT2D eigenvalue weighted by atomic mass is 10.3. The van der Waals surface area contributed by atoms with Crippen molar-refractivity contribution in [3.63, 3.8) is 0 Å². The van der Waals surface area contributed by atoms with Gasteiger partial charge in [-0.25, -0.2) is 0 Å². The van der Waals surface area contributed by atoms with Crippen LogP contribution in [-0.2, 0) is 6.54 Å². The van der Waals surface area contributed by atoms with Gasteiger partial charge in [0.25, 0.3) is 0 Å². The average Bonchev–Trinajstić information content (AvgIpc) is 2.67. The highest BCUT2D eigenvalue weighted by molar-refractivity contribution is 9.10. The Morgan fingerprint density at radius 2 is 2.29 bits per heavy atom. The summed E-state index contributed by atoms with van der Waals surface area (Å²) in [5.74, 6) is 0.895. The van der Waals surface area contributed by atoms with Crippen molar-refractivity contribution >= 4 is 38.6 Å². The predicted molar refractivity (Wildman–Crippen MR) is 76.8 cm³/mol. The minimum atomic E-state index is 0.725. The third-order valence-electron chi connectivity index (χ3n) is 2.32. The molecule has 2 aromatic rings. The van der Waals surface area contributed by atoms with Gasteiger partial charge >= 0.3 is 0 Å². The number of rotatable bonds is 4. The van der Waals surface area contributed by atoms with Crippen LogP contribution in [0.4, 0.5) is 11.4 Å². The Morgan fingerprint density at radius 3 is 3.00 bits per heavy atom. The van der Waals surface area contributed by atoms with E-state index in [4.69, 9.17) is 10.5 Å². The van der Waals surface area contributed by atoms with Gasteiger partial charge in [-0.05, 0) is 34.1 Å². The summed E-state index contributed by atoms with van der Waals surface area (Å²) in [6, 6.07) is 7.70. The van der Waals surface area contributed by atoms with E-state index >= 15 is 0 Å². The Morgan fingerprint density at radius 1 is 1.47 bits per heavy atom. The van der Waals surface area contributed by atoms with Crippen LogP contribution in [-0.4, -0.2) is 7.11 Å². The van der Waals surface area contributed by atoms with Crippen molar-refractivity contribution in [1.29, 1.82) is 0 Å². The third kappa shape index (κ3) is 2.92. The van der Waals surface area contributed by atoms with E-state index in [1.807, 2.05) is 29.6 Å². The van der Waals surface area contributed by atoms with E-state index in [0.29, 0.717) is 0 Å². The Kier molecular flexibility index (Phi) is 3.91. The van der Waals surface area contributed by atoms with Crippen LogP contribution in [0.1, 0.15) is 4.88 Å². The van der Waals surface area contributed by atoms with Crippen LogP contribution in [0.2, 0.25) is 0 Å². The standard InChI is InChI=1S/C12H13BrN2OS/c1-16-12-10(13)7-17-11(12)6-15-9-4-2-3-8(14)5-9/h2-5,7,15H,6,14H2,1H3. The zero-order valence-corrected chi connectivity index (χ0v) is 11.8. The molecule has 0 bridgehead atoms. The maximum absolute atomic E-state index is 5.72. The second-order valence-corrected chi connectivity index (χ2v) is 5.34. The first-order valence-electron chi connectivity index (χ1n) is 5.10. The first-order chi connectivity index (χ1) is 8.20. The number of anilines is 2. The largest absolute Gasteiger partial charge is 0.494 e. The van der Waals surface area contributed by atoms with Crippen LogP contribution in [0, 0.1) is 0 Å². The first kappa shape index (κ1) is 12.3. The number of nitrogen functional groups attached to an aromatic ring is 1. The molecule has 90 valence electrons. The van der Waals surface area contributed by atoms with Crippen molar-refractivity contribution in [2.24, 2.45) is 0 Å². The molecule has 0 unspecified atom stereocenters. The summed E-state index contributed by atoms with van der Waals surface area (Å²) in [6.07, 6.45) is 0. The molecule has 1 heterocycles. The number of thiophene rings is 1. The van der Waals surface area contributed by atoms with E-state index < -0.39 is 0 Å². The zero-order chi connectivity index (χ0) is 12.3. The normalized spacial score (nSPS) is 10.2. The van der Waals surface area contributed by atoms with Gasteiger partial charge in [-0.3, -0.25) is 0 Å². The molecule has 0 aliphatic heterocycles. The molecular formula is C12H13BrN2OS. The number of nitrogens with two attached hydrogens (primary N) is 1. The predicted octanol–water partition coefficient (Wildman–Crippen LogP) is 3.71. The summed E-state index contributed by atoms with van der Waals surface area (Å²) in [7, 11) is 1.68. The summed E-state index contributed by atoms with van der Waals surface area (Å²) >= 11 is 5.11. The van der Waals surface area contributed by atoms with Gasteiger partial charge in [0.05, 0.1) is 23.0 Å². The number of ether oxygens (including phenoxy) is 1. The van der Waals surface area contributed by atoms with Crippen molar-refractivity contribution in [2.75, 3.05) is 18.2 Å². The van der Waals surface area contributed by atoms with Gasteiger partial charge in [-0.2, -0.15) is 0 Å². The molecule has 0 amide bonds. The van der Waals surface area contributed by atoms with Gasteiger partial charge in [-0.1, -0.05) is 6.07 Å². The van der Waals surface area contributed by atoms with Crippen molar-refractivity contribution in [3.05, 3.63) is 39.0 Å². The molecule has 2 rings (SSSR count). The minimum absolute atomic E-state index is 0.725. The molecule has 1 aromatic carbocycles. The summed E-state index contributed by atoms with van der Waals surface area (Å²) in [4.78, 5) is 1.15. The quantitative estimate of drug-likeness (QED) is 0.846. The van der Waals surface area contributed by atoms with Crippen LogP contribution < -0.4 is 15.8 Å². The molecule has 0 fully saturated rings. The summed E-state index contributed by atoms with van der Waals surface area (Å²) < 4.78 is 6.32. The Hall–Kier alpha value is -1.20. The molecule has 0 saturated heterocycles. The number of nitrogens with one attached hydrogen (secondary N) is 1. The van der Waals surface area contributed by atoms with Gasteiger partial charge < -0.3 is 15.8 Å². The number of benzene rings is 1. The Balaban J connectivity index is 2.07. The molecule has 0 aliphatic rings. The molecule has 0 saturated carbocycles. The minimum Gasteiger partial charge on any atom is -0.494 e. The van der Waals surface area contributed by atoms with Gasteiger partial charge in [0, 0.05) is 16.8 Å². The maximum atomic E-state index is 5.72. The topological polar surface area (TPSA) is 47.3 Å². The first-order valence-corrected chi connectivity index (χ1v) is 6.77. The molecule has 0 spiro atoms. The zero-order valence-electron chi connectivity index (χ0n) is 9.37. The number of halogens is 1. The lowest BCUT2D eigenvalue weighted by Crippen LogP contribution is -1.99. The third-order valence-corrected chi connectivity index (χ3v) is 4.18. The van der Waals surface area contributed by atoms with Gasteiger partial charge in [0.1, 0.15) is 5.75 Å². The van der Waals surface area contributed by atoms with E-state index in [9.17, 15) is 0 Å². The Bertz CT molecular complexity index is 513. The van der Waals surface area contributed by atoms with Crippen LogP contribution >= 0.6 is 27.3 Å². The smallest absolute Gasteiger partial charge is 0.148 e. The highest BCUT2D eigenvalue weighted by Gasteiger charge is 2.09.